The fraction of sp³-hybridized carbons (Fsp3) is 0. The monoisotopic (exact) mass is 242 g/mol. The van der Waals surface area contributed by atoms with Crippen molar-refractivity contribution in [1.29, 1.82) is 0 Å². The van der Waals surface area contributed by atoms with Crippen LogP contribution in [0.1, 0.15) is 0 Å². The highest BCUT2D eigenvalue weighted by Crippen LogP contribution is 2.06. The van der Waals surface area contributed by atoms with E-state index in [4.69, 9.17) is 5.73 Å². The summed E-state index contributed by atoms with van der Waals surface area (Å²) >= 11 is 0. The minimum atomic E-state index is 0. The van der Waals surface area contributed by atoms with E-state index in [0.717, 1.165) is 5.52 Å². The average Bonchev–Trinajstić information content (AvgIpc) is 2.36. The van der Waals surface area contributed by atoms with E-state index >= 15 is 0 Å². The number of nitrogens with zero attached hydrogens (tertiary/aromatic N) is 3. The van der Waals surface area contributed by atoms with E-state index in [1.54, 1.807) is 4.52 Å². The van der Waals surface area contributed by atoms with E-state index in [1.807, 2.05) is 18.3 Å². The molecule has 0 aliphatic carbocycles. The molecular weight excluding hydrogens is 234 g/mol. The summed E-state index contributed by atoms with van der Waals surface area (Å²) in [6.45, 7) is 0. The third-order valence-electron chi connectivity index (χ3n) is 1.36. The van der Waals surface area contributed by atoms with E-state index < -0.39 is 0 Å². The molecule has 0 saturated heterocycles. The Hall–Kier alpha value is -0.710. The molecule has 0 radical (unpaired) electrons. The van der Waals surface area contributed by atoms with Crippen LogP contribution in [0.2, 0.25) is 0 Å². The summed E-state index contributed by atoms with van der Waals surface area (Å²) in [6.07, 6.45) is 3.26. The first-order chi connectivity index (χ1) is 4.88. The molecular formula is C6H9Cl3N4. The first-order valence-corrected chi connectivity index (χ1v) is 2.92. The zero-order chi connectivity index (χ0) is 6.97. The van der Waals surface area contributed by atoms with Gasteiger partial charge in [-0.3, -0.25) is 0 Å². The zero-order valence-corrected chi connectivity index (χ0v) is 8.90. The largest absolute Gasteiger partial charge is 0.382 e. The highest BCUT2D eigenvalue weighted by Gasteiger charge is 1.95. The van der Waals surface area contributed by atoms with Gasteiger partial charge in [-0.2, -0.15) is 5.10 Å². The van der Waals surface area contributed by atoms with Crippen molar-refractivity contribution < 1.29 is 0 Å². The van der Waals surface area contributed by atoms with E-state index in [1.165, 1.54) is 6.33 Å². The molecule has 2 aromatic rings. The lowest BCUT2D eigenvalue weighted by Crippen LogP contribution is -1.96. The Morgan fingerprint density at radius 1 is 1.23 bits per heavy atom. The number of fused-ring (bicyclic) bond motifs is 1. The van der Waals surface area contributed by atoms with E-state index in [9.17, 15) is 0 Å². The van der Waals surface area contributed by atoms with Crippen LogP contribution < -0.4 is 5.73 Å². The summed E-state index contributed by atoms with van der Waals surface area (Å²) in [4.78, 5) is 3.83. The Labute approximate surface area is 93.8 Å². The van der Waals surface area contributed by atoms with Crippen molar-refractivity contribution in [3.8, 4) is 0 Å². The van der Waals surface area contributed by atoms with Crippen LogP contribution >= 0.6 is 37.2 Å². The van der Waals surface area contributed by atoms with Gasteiger partial charge >= 0.3 is 0 Å². The predicted molar refractivity (Wildman–Crippen MR) is 59.1 cm³/mol. The lowest BCUT2D eigenvalue weighted by Gasteiger charge is -1.93. The molecule has 7 heteroatoms. The van der Waals surface area contributed by atoms with Gasteiger partial charge in [-0.1, -0.05) is 0 Å². The lowest BCUT2D eigenvalue weighted by atomic mass is 10.5. The molecule has 0 aliphatic heterocycles. The molecule has 0 fully saturated rings. The van der Waals surface area contributed by atoms with Gasteiger partial charge in [0.2, 0.25) is 0 Å². The minimum Gasteiger partial charge on any atom is -0.382 e. The number of nitrogens with two attached hydrogens (primary N) is 1. The second-order valence-electron chi connectivity index (χ2n) is 1.98. The summed E-state index contributed by atoms with van der Waals surface area (Å²) in [5.74, 6) is 0.514. The zero-order valence-electron chi connectivity index (χ0n) is 6.45. The van der Waals surface area contributed by atoms with Gasteiger partial charge in [0.1, 0.15) is 11.8 Å². The first-order valence-electron chi connectivity index (χ1n) is 2.92. The standard InChI is InChI=1S/C6H6N4.3ClH/c7-6-5-2-1-3-10(5)9-4-8-6;;;/h1-4H,(H2,7,8,9);3*1H. The number of hydrogen-bond donors (Lipinski definition) is 1. The molecule has 0 atom stereocenters. The van der Waals surface area contributed by atoms with Crippen LogP contribution in [0.25, 0.3) is 5.52 Å². The van der Waals surface area contributed by atoms with Crippen molar-refractivity contribution >= 4 is 48.6 Å². The second-order valence-corrected chi connectivity index (χ2v) is 1.98. The molecule has 0 bridgehead atoms. The highest BCUT2D eigenvalue weighted by molar-refractivity contribution is 5.86. The Morgan fingerprint density at radius 2 is 1.92 bits per heavy atom. The first kappa shape index (κ1) is 14.8. The molecule has 0 aliphatic rings. The minimum absolute atomic E-state index is 0. The van der Waals surface area contributed by atoms with Crippen molar-refractivity contribution in [2.45, 2.75) is 0 Å². The summed E-state index contributed by atoms with van der Waals surface area (Å²) < 4.78 is 1.68. The van der Waals surface area contributed by atoms with Gasteiger partial charge in [0.25, 0.3) is 0 Å². The normalized spacial score (nSPS) is 8.00. The van der Waals surface area contributed by atoms with Gasteiger partial charge in [-0.25, -0.2) is 9.50 Å². The molecule has 2 rings (SSSR count). The summed E-state index contributed by atoms with van der Waals surface area (Å²) in [7, 11) is 0. The Bertz CT molecular complexity index is 361. The van der Waals surface area contributed by atoms with E-state index in [-0.39, 0.29) is 37.2 Å². The maximum atomic E-state index is 5.53. The molecule has 2 aromatic heterocycles. The Balaban J connectivity index is 0. The third-order valence-corrected chi connectivity index (χ3v) is 1.36. The summed E-state index contributed by atoms with van der Waals surface area (Å²) in [5, 5.41) is 3.93. The predicted octanol–water partition coefficient (Wildman–Crippen LogP) is 1.58. The highest BCUT2D eigenvalue weighted by atomic mass is 35.5. The number of rotatable bonds is 0. The van der Waals surface area contributed by atoms with Crippen LogP contribution in [-0.4, -0.2) is 14.6 Å². The van der Waals surface area contributed by atoms with Gasteiger partial charge in [-0.15, -0.1) is 37.2 Å². The van der Waals surface area contributed by atoms with Crippen molar-refractivity contribution in [2.75, 3.05) is 5.73 Å². The Morgan fingerprint density at radius 3 is 2.54 bits per heavy atom. The van der Waals surface area contributed by atoms with E-state index in [0.29, 0.717) is 5.82 Å². The number of halogens is 3. The Kier molecular flexibility index (Phi) is 6.66. The molecule has 74 valence electrons. The molecule has 0 amide bonds. The van der Waals surface area contributed by atoms with Crippen LogP contribution in [-0.2, 0) is 0 Å². The summed E-state index contributed by atoms with van der Waals surface area (Å²) in [5.41, 5.74) is 6.38. The van der Waals surface area contributed by atoms with Crippen molar-refractivity contribution in [3.63, 3.8) is 0 Å². The lowest BCUT2D eigenvalue weighted by molar-refractivity contribution is 0.908. The van der Waals surface area contributed by atoms with Gasteiger partial charge < -0.3 is 5.73 Å². The number of nitrogen functional groups attached to an aromatic ring is 1. The van der Waals surface area contributed by atoms with Gasteiger partial charge in [0.05, 0.1) is 0 Å². The fourth-order valence-electron chi connectivity index (χ4n) is 0.886. The second kappa shape index (κ2) is 5.85. The molecule has 4 nitrogen and oxygen atoms in total. The van der Waals surface area contributed by atoms with Crippen molar-refractivity contribution in [2.24, 2.45) is 0 Å². The quantitative estimate of drug-likeness (QED) is 0.764. The van der Waals surface area contributed by atoms with Crippen LogP contribution in [0.3, 0.4) is 0 Å². The van der Waals surface area contributed by atoms with E-state index in [2.05, 4.69) is 10.1 Å². The van der Waals surface area contributed by atoms with Crippen molar-refractivity contribution in [3.05, 3.63) is 24.7 Å². The maximum Gasteiger partial charge on any atom is 0.151 e. The summed E-state index contributed by atoms with van der Waals surface area (Å²) in [6, 6.07) is 3.75. The number of hydrogen-bond acceptors (Lipinski definition) is 3. The number of anilines is 1. The van der Waals surface area contributed by atoms with Crippen LogP contribution in [0.5, 0.6) is 0 Å². The molecule has 2 heterocycles. The molecule has 13 heavy (non-hydrogen) atoms. The average molecular weight is 244 g/mol. The van der Waals surface area contributed by atoms with Gasteiger partial charge in [0.15, 0.2) is 5.82 Å². The molecule has 0 unspecified atom stereocenters. The van der Waals surface area contributed by atoms with Gasteiger partial charge in [-0.05, 0) is 12.1 Å². The third kappa shape index (κ3) is 2.62. The smallest absolute Gasteiger partial charge is 0.151 e. The maximum absolute atomic E-state index is 5.53. The van der Waals surface area contributed by atoms with Crippen LogP contribution in [0.15, 0.2) is 24.7 Å². The number of aromatic nitrogens is 3. The van der Waals surface area contributed by atoms with Crippen LogP contribution in [0.4, 0.5) is 5.82 Å². The fourth-order valence-corrected chi connectivity index (χ4v) is 0.886. The van der Waals surface area contributed by atoms with Gasteiger partial charge in [0, 0.05) is 6.20 Å². The molecule has 0 saturated carbocycles. The molecule has 0 spiro atoms. The SMILES string of the molecule is Cl.Cl.Cl.Nc1ncnn2cccc12. The molecule has 2 N–H and O–H groups in total. The topological polar surface area (TPSA) is 56.2 Å². The van der Waals surface area contributed by atoms with Crippen molar-refractivity contribution in [1.82, 2.24) is 14.6 Å². The molecule has 0 aromatic carbocycles. The van der Waals surface area contributed by atoms with Crippen LogP contribution in [0, 0.1) is 0 Å².